The van der Waals surface area contributed by atoms with Crippen molar-refractivity contribution in [3.63, 3.8) is 0 Å². The first-order valence-electron chi connectivity index (χ1n) is 7.13. The van der Waals surface area contributed by atoms with Gasteiger partial charge in [0.1, 0.15) is 5.75 Å². The van der Waals surface area contributed by atoms with Crippen LogP contribution in [-0.4, -0.2) is 31.6 Å². The van der Waals surface area contributed by atoms with Gasteiger partial charge in [-0.25, -0.2) is 0 Å². The molecular weight excluding hydrogens is 320 g/mol. The molecule has 1 unspecified atom stereocenters. The average molecular weight is 341 g/mol. The van der Waals surface area contributed by atoms with Gasteiger partial charge < -0.3 is 15.4 Å². The highest BCUT2D eigenvalue weighted by atomic mass is 79.9. The molecule has 1 heterocycles. The highest BCUT2D eigenvalue weighted by molar-refractivity contribution is 9.10. The minimum atomic E-state index is 0.120. The molecule has 1 saturated heterocycles. The van der Waals surface area contributed by atoms with E-state index in [9.17, 15) is 4.79 Å². The largest absolute Gasteiger partial charge is 0.492 e. The zero-order valence-corrected chi connectivity index (χ0v) is 13.1. The van der Waals surface area contributed by atoms with Crippen LogP contribution in [0.15, 0.2) is 28.7 Å². The van der Waals surface area contributed by atoms with Crippen LogP contribution in [0, 0.1) is 0 Å². The van der Waals surface area contributed by atoms with Gasteiger partial charge in [0.2, 0.25) is 5.91 Å². The van der Waals surface area contributed by atoms with Crippen LogP contribution in [0.3, 0.4) is 0 Å². The van der Waals surface area contributed by atoms with E-state index in [1.54, 1.807) is 0 Å². The Hall–Kier alpha value is -1.07. The number of rotatable bonds is 6. The summed E-state index contributed by atoms with van der Waals surface area (Å²) in [6, 6.07) is 8.03. The number of ether oxygens (including phenoxy) is 1. The van der Waals surface area contributed by atoms with Crippen molar-refractivity contribution in [3.05, 3.63) is 28.7 Å². The van der Waals surface area contributed by atoms with E-state index in [1.807, 2.05) is 24.3 Å². The number of hydrogen-bond donors (Lipinski definition) is 2. The van der Waals surface area contributed by atoms with Gasteiger partial charge in [0.25, 0.3) is 0 Å². The molecule has 1 aliphatic heterocycles. The third-order valence-electron chi connectivity index (χ3n) is 3.30. The molecule has 0 saturated carbocycles. The number of halogens is 1. The minimum Gasteiger partial charge on any atom is -0.492 e. The number of amides is 1. The van der Waals surface area contributed by atoms with Crippen molar-refractivity contribution in [1.29, 1.82) is 0 Å². The fraction of sp³-hybridized carbons (Fsp3) is 0.533. The second-order valence-electron chi connectivity index (χ2n) is 4.99. The van der Waals surface area contributed by atoms with Gasteiger partial charge >= 0.3 is 0 Å². The molecule has 1 amide bonds. The molecule has 0 bridgehead atoms. The molecule has 4 nitrogen and oxygen atoms in total. The summed E-state index contributed by atoms with van der Waals surface area (Å²) in [6.45, 7) is 2.50. The standard InChI is InChI=1S/C15H21BrN2O2/c16-13-6-1-2-7-14(13)20-10-4-8-15(19)18-12-5-3-9-17-11-12/h1-2,6-7,12,17H,3-5,8-11H2,(H,18,19). The first-order chi connectivity index (χ1) is 9.75. The molecule has 0 spiro atoms. The highest BCUT2D eigenvalue weighted by Gasteiger charge is 2.14. The molecule has 110 valence electrons. The van der Waals surface area contributed by atoms with Crippen LogP contribution in [0.2, 0.25) is 0 Å². The zero-order valence-electron chi connectivity index (χ0n) is 11.5. The Bertz CT molecular complexity index is 434. The van der Waals surface area contributed by atoms with E-state index in [1.165, 1.54) is 0 Å². The highest BCUT2D eigenvalue weighted by Crippen LogP contribution is 2.23. The van der Waals surface area contributed by atoms with Gasteiger partial charge in [0, 0.05) is 19.0 Å². The molecule has 1 aliphatic rings. The molecule has 2 rings (SSSR count). The van der Waals surface area contributed by atoms with E-state index in [-0.39, 0.29) is 5.91 Å². The van der Waals surface area contributed by atoms with Gasteiger partial charge in [0.15, 0.2) is 0 Å². The number of nitrogens with one attached hydrogen (secondary N) is 2. The van der Waals surface area contributed by atoms with Crippen molar-refractivity contribution in [1.82, 2.24) is 10.6 Å². The lowest BCUT2D eigenvalue weighted by Crippen LogP contribution is -2.45. The normalized spacial score (nSPS) is 18.6. The molecule has 0 aliphatic carbocycles. The summed E-state index contributed by atoms with van der Waals surface area (Å²) in [7, 11) is 0. The van der Waals surface area contributed by atoms with Gasteiger partial charge in [0.05, 0.1) is 11.1 Å². The second kappa shape index (κ2) is 8.27. The Morgan fingerprint density at radius 1 is 1.45 bits per heavy atom. The van der Waals surface area contributed by atoms with Crippen LogP contribution >= 0.6 is 15.9 Å². The first kappa shape index (κ1) is 15.3. The number of carbonyl (C=O) groups excluding carboxylic acids is 1. The Balaban J connectivity index is 1.60. The van der Waals surface area contributed by atoms with Crippen LogP contribution in [0.5, 0.6) is 5.75 Å². The predicted molar refractivity (Wildman–Crippen MR) is 82.9 cm³/mol. The van der Waals surface area contributed by atoms with Crippen molar-refractivity contribution < 1.29 is 9.53 Å². The van der Waals surface area contributed by atoms with Crippen molar-refractivity contribution in [2.45, 2.75) is 31.7 Å². The summed E-state index contributed by atoms with van der Waals surface area (Å²) < 4.78 is 6.58. The van der Waals surface area contributed by atoms with E-state index >= 15 is 0 Å². The molecule has 5 heteroatoms. The third kappa shape index (κ3) is 5.13. The summed E-state index contributed by atoms with van der Waals surface area (Å²) in [5, 5.41) is 6.35. The van der Waals surface area contributed by atoms with Crippen LogP contribution in [0.1, 0.15) is 25.7 Å². The summed E-state index contributed by atoms with van der Waals surface area (Å²) >= 11 is 3.43. The lowest BCUT2D eigenvalue weighted by atomic mass is 10.1. The topological polar surface area (TPSA) is 50.4 Å². The Kier molecular flexibility index (Phi) is 6.33. The summed E-state index contributed by atoms with van der Waals surface area (Å²) in [6.07, 6.45) is 3.45. The number of hydrogen-bond acceptors (Lipinski definition) is 3. The predicted octanol–water partition coefficient (Wildman–Crippen LogP) is 2.48. The van der Waals surface area contributed by atoms with Gasteiger partial charge in [-0.05, 0) is 53.9 Å². The molecular formula is C15H21BrN2O2. The molecule has 0 radical (unpaired) electrons. The number of piperidine rings is 1. The fourth-order valence-corrected chi connectivity index (χ4v) is 2.65. The average Bonchev–Trinajstić information content (AvgIpc) is 2.46. The van der Waals surface area contributed by atoms with E-state index < -0.39 is 0 Å². The van der Waals surface area contributed by atoms with Crippen LogP contribution in [0.25, 0.3) is 0 Å². The van der Waals surface area contributed by atoms with Gasteiger partial charge in [-0.3, -0.25) is 4.79 Å². The third-order valence-corrected chi connectivity index (χ3v) is 3.96. The maximum absolute atomic E-state index is 11.8. The second-order valence-corrected chi connectivity index (χ2v) is 5.85. The molecule has 1 atom stereocenters. The summed E-state index contributed by atoms with van der Waals surface area (Å²) in [5.74, 6) is 0.943. The van der Waals surface area contributed by atoms with Gasteiger partial charge in [-0.1, -0.05) is 12.1 Å². The number of benzene rings is 1. The van der Waals surface area contributed by atoms with Crippen LogP contribution < -0.4 is 15.4 Å². The smallest absolute Gasteiger partial charge is 0.220 e. The fourth-order valence-electron chi connectivity index (χ4n) is 2.25. The van der Waals surface area contributed by atoms with Crippen molar-refractivity contribution in [2.75, 3.05) is 19.7 Å². The summed E-state index contributed by atoms with van der Waals surface area (Å²) in [4.78, 5) is 11.8. The van der Waals surface area contributed by atoms with Crippen molar-refractivity contribution >= 4 is 21.8 Å². The van der Waals surface area contributed by atoms with Crippen molar-refractivity contribution in [3.8, 4) is 5.75 Å². The van der Waals surface area contributed by atoms with E-state index in [0.717, 1.165) is 42.6 Å². The monoisotopic (exact) mass is 340 g/mol. The Morgan fingerprint density at radius 3 is 3.05 bits per heavy atom. The van der Waals surface area contributed by atoms with Gasteiger partial charge in [-0.2, -0.15) is 0 Å². The molecule has 1 aromatic rings. The minimum absolute atomic E-state index is 0.120. The molecule has 1 aromatic carbocycles. The van der Waals surface area contributed by atoms with Crippen LogP contribution in [0.4, 0.5) is 0 Å². The molecule has 20 heavy (non-hydrogen) atoms. The maximum atomic E-state index is 11.8. The molecule has 1 fully saturated rings. The maximum Gasteiger partial charge on any atom is 0.220 e. The van der Waals surface area contributed by atoms with Crippen molar-refractivity contribution in [2.24, 2.45) is 0 Å². The molecule has 0 aromatic heterocycles. The van der Waals surface area contributed by atoms with Gasteiger partial charge in [-0.15, -0.1) is 0 Å². The zero-order chi connectivity index (χ0) is 14.2. The quantitative estimate of drug-likeness (QED) is 0.782. The summed E-state index contributed by atoms with van der Waals surface area (Å²) in [5.41, 5.74) is 0. The van der Waals surface area contributed by atoms with E-state index in [2.05, 4.69) is 26.6 Å². The number of carbonyl (C=O) groups is 1. The lowest BCUT2D eigenvalue weighted by molar-refractivity contribution is -0.122. The Labute approximate surface area is 128 Å². The SMILES string of the molecule is O=C(CCCOc1ccccc1Br)NC1CCCNC1. The van der Waals surface area contributed by atoms with E-state index in [0.29, 0.717) is 19.1 Å². The Morgan fingerprint density at radius 2 is 2.30 bits per heavy atom. The van der Waals surface area contributed by atoms with E-state index in [4.69, 9.17) is 4.74 Å². The molecule has 2 N–H and O–H groups in total. The van der Waals surface area contributed by atoms with Crippen LogP contribution in [-0.2, 0) is 4.79 Å². The lowest BCUT2D eigenvalue weighted by Gasteiger charge is -2.23. The number of para-hydroxylation sites is 1. The first-order valence-corrected chi connectivity index (χ1v) is 7.92.